The Labute approximate surface area is 103 Å². The van der Waals surface area contributed by atoms with Crippen molar-refractivity contribution in [3.8, 4) is 0 Å². The fraction of sp³-hybridized carbons (Fsp3) is 0.615. The van der Waals surface area contributed by atoms with Crippen LogP contribution in [0.15, 0.2) is 18.3 Å². The normalized spacial score (nSPS) is 21.0. The maximum absolute atomic E-state index is 5.80. The molecule has 3 N–H and O–H groups in total. The van der Waals surface area contributed by atoms with Crippen molar-refractivity contribution in [3.05, 3.63) is 18.3 Å². The second kappa shape index (κ2) is 5.36. The molecule has 1 fully saturated rings. The first-order chi connectivity index (χ1) is 8.16. The molecule has 0 aliphatic carbocycles. The number of nitrogen functional groups attached to an aromatic ring is 1. The average Bonchev–Trinajstić information content (AvgIpc) is 2.77. The van der Waals surface area contributed by atoms with E-state index >= 15 is 0 Å². The van der Waals surface area contributed by atoms with Crippen molar-refractivity contribution in [3.63, 3.8) is 0 Å². The van der Waals surface area contributed by atoms with Crippen LogP contribution in [0.25, 0.3) is 0 Å². The molecule has 0 amide bonds. The Kier molecular flexibility index (Phi) is 3.84. The SMILES string of the molecule is CC(C)N1CCC(CNc2cccnc2N)C1. The van der Waals surface area contributed by atoms with Gasteiger partial charge >= 0.3 is 0 Å². The van der Waals surface area contributed by atoms with E-state index in [9.17, 15) is 0 Å². The summed E-state index contributed by atoms with van der Waals surface area (Å²) in [6, 6.07) is 4.55. The van der Waals surface area contributed by atoms with Crippen LogP contribution < -0.4 is 11.1 Å². The molecule has 1 unspecified atom stereocenters. The fourth-order valence-corrected chi connectivity index (χ4v) is 2.32. The van der Waals surface area contributed by atoms with Gasteiger partial charge in [-0.25, -0.2) is 4.98 Å². The number of rotatable bonds is 4. The summed E-state index contributed by atoms with van der Waals surface area (Å²) in [4.78, 5) is 6.60. The number of anilines is 2. The van der Waals surface area contributed by atoms with Crippen molar-refractivity contribution in [1.82, 2.24) is 9.88 Å². The van der Waals surface area contributed by atoms with Crippen molar-refractivity contribution < 1.29 is 0 Å². The third-order valence-electron chi connectivity index (χ3n) is 3.47. The smallest absolute Gasteiger partial charge is 0.146 e. The molecule has 94 valence electrons. The van der Waals surface area contributed by atoms with E-state index in [-0.39, 0.29) is 0 Å². The number of likely N-dealkylation sites (tertiary alicyclic amines) is 1. The van der Waals surface area contributed by atoms with Gasteiger partial charge in [-0.2, -0.15) is 0 Å². The second-order valence-corrected chi connectivity index (χ2v) is 5.06. The zero-order chi connectivity index (χ0) is 12.3. The van der Waals surface area contributed by atoms with E-state index < -0.39 is 0 Å². The number of nitrogens with two attached hydrogens (primary N) is 1. The molecular formula is C13H22N4. The lowest BCUT2D eigenvalue weighted by atomic mass is 10.1. The maximum atomic E-state index is 5.80. The monoisotopic (exact) mass is 234 g/mol. The molecular weight excluding hydrogens is 212 g/mol. The molecule has 1 aromatic rings. The quantitative estimate of drug-likeness (QED) is 0.834. The number of nitrogens with zero attached hydrogens (tertiary/aromatic N) is 2. The number of hydrogen-bond donors (Lipinski definition) is 2. The van der Waals surface area contributed by atoms with Gasteiger partial charge in [0.05, 0.1) is 5.69 Å². The van der Waals surface area contributed by atoms with Crippen LogP contribution in [-0.4, -0.2) is 35.6 Å². The van der Waals surface area contributed by atoms with Crippen LogP contribution in [0.5, 0.6) is 0 Å². The Morgan fingerprint density at radius 1 is 1.59 bits per heavy atom. The molecule has 1 saturated heterocycles. The molecule has 0 radical (unpaired) electrons. The van der Waals surface area contributed by atoms with Crippen LogP contribution >= 0.6 is 0 Å². The Morgan fingerprint density at radius 2 is 2.41 bits per heavy atom. The number of nitrogens with one attached hydrogen (secondary N) is 1. The lowest BCUT2D eigenvalue weighted by Gasteiger charge is -2.20. The van der Waals surface area contributed by atoms with Gasteiger partial charge in [0.2, 0.25) is 0 Å². The molecule has 1 aromatic heterocycles. The van der Waals surface area contributed by atoms with Crippen LogP contribution in [-0.2, 0) is 0 Å². The molecule has 1 aliphatic heterocycles. The van der Waals surface area contributed by atoms with Gasteiger partial charge in [-0.05, 0) is 44.9 Å². The van der Waals surface area contributed by atoms with E-state index in [1.54, 1.807) is 6.20 Å². The van der Waals surface area contributed by atoms with Crippen LogP contribution in [0.2, 0.25) is 0 Å². The van der Waals surface area contributed by atoms with Crippen molar-refractivity contribution in [2.75, 3.05) is 30.7 Å². The lowest BCUT2D eigenvalue weighted by molar-refractivity contribution is 0.266. The standard InChI is InChI=1S/C13H22N4/c1-10(2)17-7-5-11(9-17)8-16-12-4-3-6-15-13(12)14/h3-4,6,10-11,16H,5,7-9H2,1-2H3,(H2,14,15). The molecule has 4 heteroatoms. The Morgan fingerprint density at radius 3 is 3.06 bits per heavy atom. The highest BCUT2D eigenvalue weighted by atomic mass is 15.2. The van der Waals surface area contributed by atoms with Gasteiger partial charge in [-0.1, -0.05) is 0 Å². The summed E-state index contributed by atoms with van der Waals surface area (Å²) in [7, 11) is 0. The summed E-state index contributed by atoms with van der Waals surface area (Å²) in [6.07, 6.45) is 2.99. The highest BCUT2D eigenvalue weighted by Gasteiger charge is 2.23. The third-order valence-corrected chi connectivity index (χ3v) is 3.47. The predicted molar refractivity (Wildman–Crippen MR) is 72.0 cm³/mol. The largest absolute Gasteiger partial charge is 0.382 e. The van der Waals surface area contributed by atoms with Crippen LogP contribution in [0.3, 0.4) is 0 Å². The zero-order valence-corrected chi connectivity index (χ0v) is 10.7. The summed E-state index contributed by atoms with van der Waals surface area (Å²) in [5.41, 5.74) is 6.75. The lowest BCUT2D eigenvalue weighted by Crippen LogP contribution is -2.29. The first kappa shape index (κ1) is 12.2. The highest BCUT2D eigenvalue weighted by molar-refractivity contribution is 5.60. The predicted octanol–water partition coefficient (Wildman–Crippen LogP) is 1.81. The highest BCUT2D eigenvalue weighted by Crippen LogP contribution is 2.20. The van der Waals surface area contributed by atoms with E-state index in [2.05, 4.69) is 29.0 Å². The van der Waals surface area contributed by atoms with Gasteiger partial charge in [0.1, 0.15) is 5.82 Å². The van der Waals surface area contributed by atoms with Gasteiger partial charge in [0.15, 0.2) is 0 Å². The summed E-state index contributed by atoms with van der Waals surface area (Å²) < 4.78 is 0. The van der Waals surface area contributed by atoms with E-state index in [0.717, 1.165) is 18.2 Å². The first-order valence-electron chi connectivity index (χ1n) is 6.35. The average molecular weight is 234 g/mol. The van der Waals surface area contributed by atoms with E-state index in [1.165, 1.54) is 19.5 Å². The van der Waals surface area contributed by atoms with Crippen molar-refractivity contribution >= 4 is 11.5 Å². The number of pyridine rings is 1. The molecule has 2 rings (SSSR count). The van der Waals surface area contributed by atoms with Gasteiger partial charge in [-0.15, -0.1) is 0 Å². The number of hydrogen-bond acceptors (Lipinski definition) is 4. The third kappa shape index (κ3) is 3.09. The Balaban J connectivity index is 1.82. The summed E-state index contributed by atoms with van der Waals surface area (Å²) in [6.45, 7) is 7.90. The molecule has 1 aliphatic rings. The Bertz CT molecular complexity index is 364. The molecule has 17 heavy (non-hydrogen) atoms. The fourth-order valence-electron chi connectivity index (χ4n) is 2.32. The minimum absolute atomic E-state index is 0.589. The number of aromatic nitrogens is 1. The second-order valence-electron chi connectivity index (χ2n) is 5.06. The van der Waals surface area contributed by atoms with E-state index in [4.69, 9.17) is 5.73 Å². The molecule has 0 spiro atoms. The van der Waals surface area contributed by atoms with Crippen molar-refractivity contribution in [2.45, 2.75) is 26.3 Å². The van der Waals surface area contributed by atoms with Crippen molar-refractivity contribution in [1.29, 1.82) is 0 Å². The minimum atomic E-state index is 0.589. The van der Waals surface area contributed by atoms with Gasteiger partial charge in [0.25, 0.3) is 0 Å². The summed E-state index contributed by atoms with van der Waals surface area (Å²) in [5.74, 6) is 1.31. The topological polar surface area (TPSA) is 54.2 Å². The van der Waals surface area contributed by atoms with Gasteiger partial charge in [0, 0.05) is 25.3 Å². The summed E-state index contributed by atoms with van der Waals surface area (Å²) in [5, 5.41) is 3.40. The Hall–Kier alpha value is -1.29. The molecule has 0 bridgehead atoms. The molecule has 2 heterocycles. The maximum Gasteiger partial charge on any atom is 0.146 e. The molecule has 4 nitrogen and oxygen atoms in total. The van der Waals surface area contributed by atoms with Gasteiger partial charge < -0.3 is 16.0 Å². The molecule has 0 aromatic carbocycles. The first-order valence-corrected chi connectivity index (χ1v) is 6.35. The minimum Gasteiger partial charge on any atom is -0.382 e. The van der Waals surface area contributed by atoms with E-state index in [1.807, 2.05) is 12.1 Å². The molecule has 1 atom stereocenters. The van der Waals surface area contributed by atoms with Crippen molar-refractivity contribution in [2.24, 2.45) is 5.92 Å². The van der Waals surface area contributed by atoms with Gasteiger partial charge in [-0.3, -0.25) is 0 Å². The summed E-state index contributed by atoms with van der Waals surface area (Å²) >= 11 is 0. The molecule has 0 saturated carbocycles. The van der Waals surface area contributed by atoms with Crippen LogP contribution in [0, 0.1) is 5.92 Å². The van der Waals surface area contributed by atoms with Crippen LogP contribution in [0.1, 0.15) is 20.3 Å². The van der Waals surface area contributed by atoms with Crippen LogP contribution in [0.4, 0.5) is 11.5 Å². The zero-order valence-electron chi connectivity index (χ0n) is 10.7. The van der Waals surface area contributed by atoms with E-state index in [0.29, 0.717) is 11.9 Å².